The third-order valence-corrected chi connectivity index (χ3v) is 2.31. The van der Waals surface area contributed by atoms with Gasteiger partial charge in [-0.2, -0.15) is 0 Å². The predicted molar refractivity (Wildman–Crippen MR) is 62.3 cm³/mol. The molecule has 15 heavy (non-hydrogen) atoms. The summed E-state index contributed by atoms with van der Waals surface area (Å²) in [5.74, 6) is 0. The molecule has 1 aromatic heterocycles. The smallest absolute Gasteiger partial charge is 0.176 e. The van der Waals surface area contributed by atoms with Crippen LogP contribution in [0.25, 0.3) is 11.1 Å². The van der Waals surface area contributed by atoms with Crippen molar-refractivity contribution in [2.75, 3.05) is 0 Å². The summed E-state index contributed by atoms with van der Waals surface area (Å²) in [5, 5.41) is 0. The molecule has 0 radical (unpaired) electrons. The van der Waals surface area contributed by atoms with Gasteiger partial charge in [0.25, 0.3) is 0 Å². The fourth-order valence-electron chi connectivity index (χ4n) is 1.59. The monoisotopic (exact) mass is 196 g/mol. The average Bonchev–Trinajstić information content (AvgIpc) is 2.31. The number of allylic oxidation sites excluding steroid dienone is 1. The van der Waals surface area contributed by atoms with Gasteiger partial charge in [0.2, 0.25) is 0 Å². The van der Waals surface area contributed by atoms with Crippen molar-refractivity contribution >= 4 is 0 Å². The van der Waals surface area contributed by atoms with Gasteiger partial charge < -0.3 is 0 Å². The van der Waals surface area contributed by atoms with Crippen LogP contribution in [0.3, 0.4) is 0 Å². The maximum Gasteiger partial charge on any atom is 0.176 e. The molecule has 0 saturated carbocycles. The lowest BCUT2D eigenvalue weighted by atomic mass is 10.1. The van der Waals surface area contributed by atoms with Crippen molar-refractivity contribution in [3.8, 4) is 11.1 Å². The number of rotatable bonds is 3. The Morgan fingerprint density at radius 2 is 1.73 bits per heavy atom. The van der Waals surface area contributed by atoms with Crippen molar-refractivity contribution in [3.63, 3.8) is 0 Å². The van der Waals surface area contributed by atoms with Crippen LogP contribution in [0, 0.1) is 0 Å². The van der Waals surface area contributed by atoms with E-state index in [1.165, 1.54) is 11.1 Å². The molecule has 0 amide bonds. The van der Waals surface area contributed by atoms with Gasteiger partial charge in [0, 0.05) is 11.6 Å². The van der Waals surface area contributed by atoms with Crippen molar-refractivity contribution in [2.45, 2.75) is 6.54 Å². The first-order valence-electron chi connectivity index (χ1n) is 5.05. The number of nitrogens with zero attached hydrogens (tertiary/aromatic N) is 1. The number of benzene rings is 1. The zero-order valence-corrected chi connectivity index (χ0v) is 8.63. The highest BCUT2D eigenvalue weighted by molar-refractivity contribution is 5.61. The zero-order valence-electron chi connectivity index (χ0n) is 8.63. The highest BCUT2D eigenvalue weighted by atomic mass is 14.9. The quantitative estimate of drug-likeness (QED) is 0.525. The highest BCUT2D eigenvalue weighted by Crippen LogP contribution is 2.15. The summed E-state index contributed by atoms with van der Waals surface area (Å²) >= 11 is 0. The molecule has 1 heterocycles. The Kier molecular flexibility index (Phi) is 2.93. The largest absolute Gasteiger partial charge is 0.201 e. The number of hydrogen-bond acceptors (Lipinski definition) is 0. The third kappa shape index (κ3) is 2.32. The van der Waals surface area contributed by atoms with Gasteiger partial charge in [-0.05, 0) is 17.7 Å². The Morgan fingerprint density at radius 1 is 1.00 bits per heavy atom. The first-order valence-corrected chi connectivity index (χ1v) is 5.05. The van der Waals surface area contributed by atoms with Crippen LogP contribution in [0.5, 0.6) is 0 Å². The molecule has 2 aromatic rings. The van der Waals surface area contributed by atoms with Crippen LogP contribution in [0.2, 0.25) is 0 Å². The van der Waals surface area contributed by atoms with Crippen LogP contribution in [0.4, 0.5) is 0 Å². The SMILES string of the molecule is C=CC[n+]1cccc(-c2ccccc2)c1. The van der Waals surface area contributed by atoms with E-state index in [1.807, 2.05) is 18.3 Å². The van der Waals surface area contributed by atoms with Crippen LogP contribution in [0.15, 0.2) is 67.5 Å². The molecule has 0 spiro atoms. The summed E-state index contributed by atoms with van der Waals surface area (Å²) in [5.41, 5.74) is 2.48. The molecule has 1 nitrogen and oxygen atoms in total. The zero-order chi connectivity index (χ0) is 10.5. The maximum atomic E-state index is 3.74. The van der Waals surface area contributed by atoms with E-state index < -0.39 is 0 Å². The van der Waals surface area contributed by atoms with E-state index in [0.29, 0.717) is 0 Å². The maximum absolute atomic E-state index is 3.74. The topological polar surface area (TPSA) is 3.88 Å². The molecule has 0 N–H and O–H groups in total. The second-order valence-corrected chi connectivity index (χ2v) is 3.44. The summed E-state index contributed by atoms with van der Waals surface area (Å²) in [6.07, 6.45) is 6.08. The summed E-state index contributed by atoms with van der Waals surface area (Å²) in [4.78, 5) is 0. The van der Waals surface area contributed by atoms with Crippen LogP contribution in [-0.2, 0) is 6.54 Å². The van der Waals surface area contributed by atoms with E-state index in [1.54, 1.807) is 0 Å². The van der Waals surface area contributed by atoms with Gasteiger partial charge in [-0.1, -0.05) is 36.9 Å². The van der Waals surface area contributed by atoms with E-state index in [0.717, 1.165) is 6.54 Å². The Morgan fingerprint density at radius 3 is 2.47 bits per heavy atom. The van der Waals surface area contributed by atoms with Crippen molar-refractivity contribution in [1.29, 1.82) is 0 Å². The first-order chi connectivity index (χ1) is 7.40. The van der Waals surface area contributed by atoms with E-state index in [9.17, 15) is 0 Å². The second kappa shape index (κ2) is 4.56. The normalized spacial score (nSPS) is 9.87. The summed E-state index contributed by atoms with van der Waals surface area (Å²) in [6.45, 7) is 4.59. The molecule has 0 aliphatic heterocycles. The van der Waals surface area contributed by atoms with Crippen molar-refractivity contribution < 1.29 is 4.57 Å². The van der Waals surface area contributed by atoms with Gasteiger partial charge in [-0.25, -0.2) is 4.57 Å². The standard InChI is InChI=1S/C14H14N/c1-2-10-15-11-6-9-14(12-15)13-7-4-3-5-8-13/h2-9,11-12H,1,10H2/q+1. The number of pyridine rings is 1. The lowest BCUT2D eigenvalue weighted by Crippen LogP contribution is -2.31. The van der Waals surface area contributed by atoms with E-state index in [2.05, 4.69) is 53.7 Å². The molecule has 0 unspecified atom stereocenters. The molecule has 0 bridgehead atoms. The van der Waals surface area contributed by atoms with E-state index in [4.69, 9.17) is 0 Å². The third-order valence-electron chi connectivity index (χ3n) is 2.31. The minimum atomic E-state index is 0.848. The van der Waals surface area contributed by atoms with Gasteiger partial charge in [-0.3, -0.25) is 0 Å². The molecule has 1 heteroatoms. The van der Waals surface area contributed by atoms with Crippen LogP contribution in [0.1, 0.15) is 0 Å². The molecule has 2 rings (SSSR count). The predicted octanol–water partition coefficient (Wildman–Crippen LogP) is 2.83. The fraction of sp³-hybridized carbons (Fsp3) is 0.0714. The number of aromatic nitrogens is 1. The fourth-order valence-corrected chi connectivity index (χ4v) is 1.59. The summed E-state index contributed by atoms with van der Waals surface area (Å²) in [7, 11) is 0. The van der Waals surface area contributed by atoms with Gasteiger partial charge in [0.15, 0.2) is 18.9 Å². The van der Waals surface area contributed by atoms with Crippen molar-refractivity contribution in [2.24, 2.45) is 0 Å². The Bertz CT molecular complexity index is 446. The van der Waals surface area contributed by atoms with Crippen LogP contribution >= 0.6 is 0 Å². The van der Waals surface area contributed by atoms with Crippen molar-refractivity contribution in [3.05, 3.63) is 67.5 Å². The first kappa shape index (κ1) is 9.66. The second-order valence-electron chi connectivity index (χ2n) is 3.44. The van der Waals surface area contributed by atoms with Gasteiger partial charge in [-0.15, -0.1) is 0 Å². The van der Waals surface area contributed by atoms with Gasteiger partial charge in [0.05, 0.1) is 0 Å². The van der Waals surface area contributed by atoms with E-state index >= 15 is 0 Å². The Balaban J connectivity index is 2.37. The van der Waals surface area contributed by atoms with E-state index in [-0.39, 0.29) is 0 Å². The lowest BCUT2D eigenvalue weighted by molar-refractivity contribution is -0.686. The van der Waals surface area contributed by atoms with Crippen LogP contribution in [-0.4, -0.2) is 0 Å². The molecule has 74 valence electrons. The summed E-state index contributed by atoms with van der Waals surface area (Å²) < 4.78 is 2.12. The molecular formula is C14H14N+. The highest BCUT2D eigenvalue weighted by Gasteiger charge is 2.01. The molecular weight excluding hydrogens is 182 g/mol. The molecule has 1 aromatic carbocycles. The molecule has 0 aliphatic carbocycles. The summed E-state index contributed by atoms with van der Waals surface area (Å²) in [6, 6.07) is 14.6. The molecule has 0 fully saturated rings. The Hall–Kier alpha value is -1.89. The van der Waals surface area contributed by atoms with Gasteiger partial charge >= 0.3 is 0 Å². The molecule has 0 saturated heterocycles. The van der Waals surface area contributed by atoms with Crippen molar-refractivity contribution in [1.82, 2.24) is 0 Å². The minimum Gasteiger partial charge on any atom is -0.201 e. The van der Waals surface area contributed by atoms with Gasteiger partial charge in [0.1, 0.15) is 0 Å². The minimum absolute atomic E-state index is 0.848. The molecule has 0 atom stereocenters. The lowest BCUT2D eigenvalue weighted by Gasteiger charge is -1.99. The van der Waals surface area contributed by atoms with Crippen LogP contribution < -0.4 is 4.57 Å². The average molecular weight is 196 g/mol. The molecule has 0 aliphatic rings. The number of hydrogen-bond donors (Lipinski definition) is 0. The Labute approximate surface area is 90.3 Å².